The Balaban J connectivity index is 2.05. The van der Waals surface area contributed by atoms with Crippen molar-refractivity contribution < 1.29 is 9.50 Å². The van der Waals surface area contributed by atoms with Gasteiger partial charge in [-0.1, -0.05) is 22.9 Å². The molecule has 0 amide bonds. The molecule has 20 heavy (non-hydrogen) atoms. The van der Waals surface area contributed by atoms with Crippen LogP contribution in [0.5, 0.6) is 0 Å². The summed E-state index contributed by atoms with van der Waals surface area (Å²) in [5.74, 6) is -0.226. The van der Waals surface area contributed by atoms with Crippen molar-refractivity contribution in [3.63, 3.8) is 0 Å². The van der Waals surface area contributed by atoms with E-state index < -0.39 is 5.60 Å². The molecule has 1 fully saturated rings. The summed E-state index contributed by atoms with van der Waals surface area (Å²) in [5.41, 5.74) is -0.171. The molecule has 0 radical (unpaired) electrons. The van der Waals surface area contributed by atoms with E-state index in [1.807, 2.05) is 0 Å². The standard InChI is InChI=1S/C16H23BrFNO/c1-2-8-19-9-3-6-16(20,7-10-19)12-13-11-14(17)4-5-15(13)18/h4-5,11,20H,2-3,6-10,12H2,1H3. The van der Waals surface area contributed by atoms with E-state index in [4.69, 9.17) is 0 Å². The van der Waals surface area contributed by atoms with Crippen molar-refractivity contribution in [2.24, 2.45) is 0 Å². The Morgan fingerprint density at radius 1 is 1.35 bits per heavy atom. The highest BCUT2D eigenvalue weighted by molar-refractivity contribution is 9.10. The largest absolute Gasteiger partial charge is 0.389 e. The second-order valence-electron chi connectivity index (χ2n) is 5.83. The Bertz CT molecular complexity index is 454. The molecule has 1 aliphatic heterocycles. The van der Waals surface area contributed by atoms with Crippen LogP contribution >= 0.6 is 15.9 Å². The first-order valence-electron chi connectivity index (χ1n) is 7.41. The molecule has 112 valence electrons. The number of hydrogen-bond acceptors (Lipinski definition) is 2. The average Bonchev–Trinajstić information content (AvgIpc) is 2.57. The first-order chi connectivity index (χ1) is 9.52. The Morgan fingerprint density at radius 3 is 2.90 bits per heavy atom. The summed E-state index contributed by atoms with van der Waals surface area (Å²) in [5, 5.41) is 10.8. The van der Waals surface area contributed by atoms with Crippen molar-refractivity contribution in [1.29, 1.82) is 0 Å². The molecule has 1 aliphatic rings. The first kappa shape index (κ1) is 15.9. The van der Waals surface area contributed by atoms with Crippen LogP contribution in [0.15, 0.2) is 22.7 Å². The van der Waals surface area contributed by atoms with Crippen LogP contribution in [-0.2, 0) is 6.42 Å². The summed E-state index contributed by atoms with van der Waals surface area (Å²) in [6, 6.07) is 4.93. The SMILES string of the molecule is CCCN1CCCC(O)(Cc2cc(Br)ccc2F)CC1. The number of nitrogens with zero attached hydrogens (tertiary/aromatic N) is 1. The zero-order chi connectivity index (χ0) is 14.6. The molecular weight excluding hydrogens is 321 g/mol. The molecule has 0 bridgehead atoms. The second kappa shape index (κ2) is 7.01. The minimum absolute atomic E-state index is 0.226. The maximum Gasteiger partial charge on any atom is 0.126 e. The van der Waals surface area contributed by atoms with Crippen molar-refractivity contribution in [3.05, 3.63) is 34.1 Å². The van der Waals surface area contributed by atoms with E-state index in [2.05, 4.69) is 27.8 Å². The van der Waals surface area contributed by atoms with Crippen LogP contribution in [0.3, 0.4) is 0 Å². The van der Waals surface area contributed by atoms with Gasteiger partial charge in [-0.05, 0) is 62.5 Å². The van der Waals surface area contributed by atoms with Gasteiger partial charge in [0.05, 0.1) is 5.60 Å². The van der Waals surface area contributed by atoms with E-state index in [-0.39, 0.29) is 5.82 Å². The predicted octanol–water partition coefficient (Wildman–Crippen LogP) is 3.76. The van der Waals surface area contributed by atoms with E-state index >= 15 is 0 Å². The number of aliphatic hydroxyl groups is 1. The fraction of sp³-hybridized carbons (Fsp3) is 0.625. The van der Waals surface area contributed by atoms with E-state index in [0.717, 1.165) is 49.8 Å². The lowest BCUT2D eigenvalue weighted by Crippen LogP contribution is -2.34. The van der Waals surface area contributed by atoms with Crippen LogP contribution in [0.25, 0.3) is 0 Å². The monoisotopic (exact) mass is 343 g/mol. The number of likely N-dealkylation sites (tertiary alicyclic amines) is 1. The molecule has 4 heteroatoms. The first-order valence-corrected chi connectivity index (χ1v) is 8.20. The Hall–Kier alpha value is -0.450. The summed E-state index contributed by atoms with van der Waals surface area (Å²) in [7, 11) is 0. The topological polar surface area (TPSA) is 23.5 Å². The highest BCUT2D eigenvalue weighted by Gasteiger charge is 2.31. The number of rotatable bonds is 4. The molecule has 0 aromatic heterocycles. The quantitative estimate of drug-likeness (QED) is 0.899. The molecule has 2 rings (SSSR count). The predicted molar refractivity (Wildman–Crippen MR) is 83.3 cm³/mol. The van der Waals surface area contributed by atoms with Crippen molar-refractivity contribution >= 4 is 15.9 Å². The zero-order valence-corrected chi connectivity index (χ0v) is 13.6. The molecule has 0 saturated carbocycles. The third-order valence-electron chi connectivity index (χ3n) is 4.08. The van der Waals surface area contributed by atoms with Gasteiger partial charge < -0.3 is 10.0 Å². The fourth-order valence-electron chi connectivity index (χ4n) is 2.98. The van der Waals surface area contributed by atoms with Crippen LogP contribution in [0.4, 0.5) is 4.39 Å². The number of hydrogen-bond donors (Lipinski definition) is 1. The lowest BCUT2D eigenvalue weighted by Gasteiger charge is -2.27. The summed E-state index contributed by atoms with van der Waals surface area (Å²) >= 11 is 3.37. The molecule has 1 heterocycles. The molecule has 1 saturated heterocycles. The normalized spacial score (nSPS) is 24.6. The van der Waals surface area contributed by atoms with Gasteiger partial charge in [0.1, 0.15) is 5.82 Å². The molecule has 2 nitrogen and oxygen atoms in total. The fourth-order valence-corrected chi connectivity index (χ4v) is 3.39. The molecule has 1 aromatic rings. The van der Waals surface area contributed by atoms with Gasteiger partial charge in [-0.15, -0.1) is 0 Å². The van der Waals surface area contributed by atoms with Gasteiger partial charge in [-0.2, -0.15) is 0 Å². The second-order valence-corrected chi connectivity index (χ2v) is 6.75. The van der Waals surface area contributed by atoms with Crippen molar-refractivity contribution in [1.82, 2.24) is 4.90 Å². The van der Waals surface area contributed by atoms with Crippen molar-refractivity contribution in [2.75, 3.05) is 19.6 Å². The van der Waals surface area contributed by atoms with Crippen LogP contribution < -0.4 is 0 Å². The van der Waals surface area contributed by atoms with E-state index in [1.165, 1.54) is 6.07 Å². The molecule has 0 spiro atoms. The maximum atomic E-state index is 13.9. The molecule has 1 atom stereocenters. The van der Waals surface area contributed by atoms with Gasteiger partial charge in [-0.25, -0.2) is 4.39 Å². The smallest absolute Gasteiger partial charge is 0.126 e. The summed E-state index contributed by atoms with van der Waals surface area (Å²) in [6.07, 6.45) is 3.99. The van der Waals surface area contributed by atoms with Gasteiger partial charge in [0.25, 0.3) is 0 Å². The van der Waals surface area contributed by atoms with Gasteiger partial charge in [-0.3, -0.25) is 0 Å². The third-order valence-corrected chi connectivity index (χ3v) is 4.57. The van der Waals surface area contributed by atoms with E-state index in [1.54, 1.807) is 12.1 Å². The molecule has 1 N–H and O–H groups in total. The highest BCUT2D eigenvalue weighted by Crippen LogP contribution is 2.28. The van der Waals surface area contributed by atoms with Crippen molar-refractivity contribution in [2.45, 2.75) is 44.6 Å². The Morgan fingerprint density at radius 2 is 2.15 bits per heavy atom. The van der Waals surface area contributed by atoms with Crippen LogP contribution in [0.1, 0.15) is 38.2 Å². The number of halogens is 2. The molecular formula is C16H23BrFNO. The average molecular weight is 344 g/mol. The Labute approximate surface area is 129 Å². The number of benzene rings is 1. The van der Waals surface area contributed by atoms with Gasteiger partial charge >= 0.3 is 0 Å². The summed E-state index contributed by atoms with van der Waals surface area (Å²) < 4.78 is 14.7. The Kier molecular flexibility index (Phi) is 5.58. The summed E-state index contributed by atoms with van der Waals surface area (Å²) in [6.45, 7) is 5.20. The molecule has 1 unspecified atom stereocenters. The molecule has 1 aromatic carbocycles. The van der Waals surface area contributed by atoms with Gasteiger partial charge in [0.2, 0.25) is 0 Å². The summed E-state index contributed by atoms with van der Waals surface area (Å²) in [4.78, 5) is 2.40. The molecule has 0 aliphatic carbocycles. The van der Waals surface area contributed by atoms with Crippen LogP contribution in [0, 0.1) is 5.82 Å². The highest BCUT2D eigenvalue weighted by atomic mass is 79.9. The third kappa shape index (κ3) is 4.27. The lowest BCUT2D eigenvalue weighted by molar-refractivity contribution is 0.0249. The zero-order valence-electron chi connectivity index (χ0n) is 12.0. The maximum absolute atomic E-state index is 13.9. The van der Waals surface area contributed by atoms with Gasteiger partial charge in [0.15, 0.2) is 0 Å². The lowest BCUT2D eigenvalue weighted by atomic mass is 9.87. The minimum Gasteiger partial charge on any atom is -0.389 e. The van der Waals surface area contributed by atoms with Crippen molar-refractivity contribution in [3.8, 4) is 0 Å². The van der Waals surface area contributed by atoms with E-state index in [9.17, 15) is 9.50 Å². The van der Waals surface area contributed by atoms with E-state index in [0.29, 0.717) is 12.0 Å². The van der Waals surface area contributed by atoms with Crippen LogP contribution in [0.2, 0.25) is 0 Å². The van der Waals surface area contributed by atoms with Crippen LogP contribution in [-0.4, -0.2) is 35.2 Å². The minimum atomic E-state index is -0.774. The van der Waals surface area contributed by atoms with Gasteiger partial charge in [0, 0.05) is 17.4 Å².